The van der Waals surface area contributed by atoms with Crippen molar-refractivity contribution in [2.45, 2.75) is 26.3 Å². The highest BCUT2D eigenvalue weighted by atomic mass is 16.4. The summed E-state index contributed by atoms with van der Waals surface area (Å²) in [7, 11) is 0. The predicted octanol–water partition coefficient (Wildman–Crippen LogP) is 4.04. The molecule has 0 aliphatic carbocycles. The van der Waals surface area contributed by atoms with Crippen LogP contribution in [0.25, 0.3) is 0 Å². The highest BCUT2D eigenvalue weighted by Crippen LogP contribution is 2.34. The fourth-order valence-electron chi connectivity index (χ4n) is 2.54. The first kappa shape index (κ1) is 15.1. The Morgan fingerprint density at radius 3 is 2.10 bits per heavy atom. The summed E-state index contributed by atoms with van der Waals surface area (Å²) in [6.45, 7) is 5.85. The fraction of sp³-hybridized carbons (Fsp3) is 0.278. The zero-order valence-corrected chi connectivity index (χ0v) is 12.6. The van der Waals surface area contributed by atoms with Crippen LogP contribution in [0, 0.1) is 12.8 Å². The maximum Gasteiger partial charge on any atom is 0.334 e. The molecule has 21 heavy (non-hydrogen) atoms. The fourth-order valence-corrected chi connectivity index (χ4v) is 2.54. The zero-order chi connectivity index (χ0) is 15.5. The van der Waals surface area contributed by atoms with Gasteiger partial charge in [-0.05, 0) is 30.5 Å². The summed E-state index contributed by atoms with van der Waals surface area (Å²) < 4.78 is 0. The lowest BCUT2D eigenvalue weighted by atomic mass is 9.79. The van der Waals surface area contributed by atoms with Crippen molar-refractivity contribution in [2.24, 2.45) is 5.92 Å². The predicted molar refractivity (Wildman–Crippen MR) is 85.4 cm³/mol. The topological polar surface area (TPSA) is 49.3 Å². The van der Waals surface area contributed by atoms with Crippen molar-refractivity contribution < 1.29 is 9.90 Å². The number of aryl methyl sites for hydroxylation is 1. The van der Waals surface area contributed by atoms with Crippen LogP contribution in [0.2, 0.25) is 0 Å². The third-order valence-corrected chi connectivity index (χ3v) is 3.83. The van der Waals surface area contributed by atoms with E-state index in [4.69, 9.17) is 0 Å². The molecule has 3 heteroatoms. The smallest absolute Gasteiger partial charge is 0.334 e. The van der Waals surface area contributed by atoms with E-state index in [2.05, 4.69) is 5.32 Å². The summed E-state index contributed by atoms with van der Waals surface area (Å²) in [5.74, 6) is -0.983. The van der Waals surface area contributed by atoms with Crippen LogP contribution < -0.4 is 5.32 Å². The number of rotatable bonds is 5. The minimum atomic E-state index is -1.14. The largest absolute Gasteiger partial charge is 0.479 e. The Bertz CT molecular complexity index is 605. The van der Waals surface area contributed by atoms with Crippen molar-refractivity contribution in [1.29, 1.82) is 0 Å². The number of carboxylic acids is 1. The summed E-state index contributed by atoms with van der Waals surface area (Å²) in [6.07, 6.45) is 0. The van der Waals surface area contributed by atoms with Crippen molar-refractivity contribution in [2.75, 3.05) is 5.32 Å². The molecule has 0 aliphatic rings. The second-order valence-electron chi connectivity index (χ2n) is 5.62. The van der Waals surface area contributed by atoms with E-state index >= 15 is 0 Å². The van der Waals surface area contributed by atoms with E-state index < -0.39 is 11.5 Å². The maximum absolute atomic E-state index is 12.1. The van der Waals surface area contributed by atoms with Gasteiger partial charge in [-0.2, -0.15) is 0 Å². The van der Waals surface area contributed by atoms with Gasteiger partial charge in [0.25, 0.3) is 0 Å². The third kappa shape index (κ3) is 2.92. The van der Waals surface area contributed by atoms with Crippen LogP contribution in [-0.4, -0.2) is 11.1 Å². The molecule has 0 bridgehead atoms. The minimum Gasteiger partial charge on any atom is -0.479 e. The lowest BCUT2D eigenvalue weighted by Crippen LogP contribution is -2.48. The number of aliphatic carboxylic acids is 1. The molecule has 0 heterocycles. The maximum atomic E-state index is 12.1. The van der Waals surface area contributed by atoms with Gasteiger partial charge in [-0.1, -0.05) is 61.9 Å². The Morgan fingerprint density at radius 2 is 1.62 bits per heavy atom. The van der Waals surface area contributed by atoms with Crippen LogP contribution in [0.1, 0.15) is 25.0 Å². The number of hydrogen-bond donors (Lipinski definition) is 2. The first-order valence-electron chi connectivity index (χ1n) is 7.10. The van der Waals surface area contributed by atoms with Crippen LogP contribution in [0.3, 0.4) is 0 Å². The standard InChI is InChI=1S/C18H21NO2/c1-13(2)18(17(20)21,15-7-5-4-6-8-15)19-16-11-9-14(3)10-12-16/h4-13,19H,1-3H3,(H,20,21). The normalized spacial score (nSPS) is 13.7. The molecule has 0 radical (unpaired) electrons. The Balaban J connectivity index is 2.50. The van der Waals surface area contributed by atoms with Gasteiger partial charge in [-0.3, -0.25) is 0 Å². The number of hydrogen-bond acceptors (Lipinski definition) is 2. The molecule has 0 saturated heterocycles. The van der Waals surface area contributed by atoms with Gasteiger partial charge in [0.15, 0.2) is 5.54 Å². The van der Waals surface area contributed by atoms with Gasteiger partial charge in [-0.15, -0.1) is 0 Å². The van der Waals surface area contributed by atoms with E-state index in [1.807, 2.05) is 75.4 Å². The SMILES string of the molecule is Cc1ccc(NC(C(=O)O)(c2ccccc2)C(C)C)cc1. The minimum absolute atomic E-state index is 0.112. The molecule has 2 N–H and O–H groups in total. The number of benzene rings is 2. The molecular weight excluding hydrogens is 262 g/mol. The molecule has 0 spiro atoms. The second-order valence-corrected chi connectivity index (χ2v) is 5.62. The van der Waals surface area contributed by atoms with E-state index in [0.717, 1.165) is 16.8 Å². The lowest BCUT2D eigenvalue weighted by Gasteiger charge is -2.35. The highest BCUT2D eigenvalue weighted by molar-refractivity contribution is 5.85. The van der Waals surface area contributed by atoms with Gasteiger partial charge in [0.1, 0.15) is 0 Å². The van der Waals surface area contributed by atoms with Crippen molar-refractivity contribution in [1.82, 2.24) is 0 Å². The molecule has 1 atom stereocenters. The van der Waals surface area contributed by atoms with Crippen molar-refractivity contribution in [3.05, 3.63) is 65.7 Å². The molecule has 0 fully saturated rings. The number of nitrogens with one attached hydrogen (secondary N) is 1. The average Bonchev–Trinajstić information content (AvgIpc) is 2.47. The monoisotopic (exact) mass is 283 g/mol. The molecule has 0 saturated carbocycles. The van der Waals surface area contributed by atoms with Crippen LogP contribution in [0.15, 0.2) is 54.6 Å². The average molecular weight is 283 g/mol. The molecule has 0 aromatic heterocycles. The molecule has 110 valence electrons. The van der Waals surface area contributed by atoms with E-state index in [0.29, 0.717) is 0 Å². The third-order valence-electron chi connectivity index (χ3n) is 3.83. The van der Waals surface area contributed by atoms with Crippen LogP contribution in [0.5, 0.6) is 0 Å². The molecule has 3 nitrogen and oxygen atoms in total. The summed E-state index contributed by atoms with van der Waals surface area (Å²) in [6, 6.07) is 17.1. The van der Waals surface area contributed by atoms with E-state index in [1.165, 1.54) is 0 Å². The van der Waals surface area contributed by atoms with E-state index in [9.17, 15) is 9.90 Å². The summed E-state index contributed by atoms with van der Waals surface area (Å²) >= 11 is 0. The van der Waals surface area contributed by atoms with E-state index in [1.54, 1.807) is 0 Å². The number of anilines is 1. The van der Waals surface area contributed by atoms with Crippen LogP contribution >= 0.6 is 0 Å². The van der Waals surface area contributed by atoms with Crippen molar-refractivity contribution >= 4 is 11.7 Å². The Kier molecular flexibility index (Phi) is 4.32. The van der Waals surface area contributed by atoms with Crippen LogP contribution in [0.4, 0.5) is 5.69 Å². The Labute approximate surface area is 125 Å². The summed E-state index contributed by atoms with van der Waals surface area (Å²) in [5, 5.41) is 13.1. The van der Waals surface area contributed by atoms with Gasteiger partial charge in [0, 0.05) is 5.69 Å². The zero-order valence-electron chi connectivity index (χ0n) is 12.6. The van der Waals surface area contributed by atoms with Gasteiger partial charge >= 0.3 is 5.97 Å². The molecule has 2 aromatic carbocycles. The Morgan fingerprint density at radius 1 is 1.05 bits per heavy atom. The molecule has 0 amide bonds. The molecule has 1 unspecified atom stereocenters. The van der Waals surface area contributed by atoms with Crippen LogP contribution in [-0.2, 0) is 10.3 Å². The molecular formula is C18H21NO2. The first-order valence-corrected chi connectivity index (χ1v) is 7.10. The van der Waals surface area contributed by atoms with Gasteiger partial charge in [0.2, 0.25) is 0 Å². The van der Waals surface area contributed by atoms with Crippen molar-refractivity contribution in [3.8, 4) is 0 Å². The number of carboxylic acid groups (broad SMARTS) is 1. The first-order chi connectivity index (χ1) is 9.96. The molecule has 2 aromatic rings. The van der Waals surface area contributed by atoms with Gasteiger partial charge in [-0.25, -0.2) is 4.79 Å². The quantitative estimate of drug-likeness (QED) is 0.870. The second kappa shape index (κ2) is 6.00. The van der Waals surface area contributed by atoms with E-state index in [-0.39, 0.29) is 5.92 Å². The molecule has 2 rings (SSSR count). The summed E-state index contributed by atoms with van der Waals surface area (Å²) in [5.41, 5.74) is 1.57. The molecule has 0 aliphatic heterocycles. The van der Waals surface area contributed by atoms with Gasteiger partial charge in [0.05, 0.1) is 0 Å². The van der Waals surface area contributed by atoms with Crippen molar-refractivity contribution in [3.63, 3.8) is 0 Å². The highest BCUT2D eigenvalue weighted by Gasteiger charge is 2.43. The number of carbonyl (C=O) groups is 1. The summed E-state index contributed by atoms with van der Waals surface area (Å²) in [4.78, 5) is 12.1. The van der Waals surface area contributed by atoms with Gasteiger partial charge < -0.3 is 10.4 Å². The Hall–Kier alpha value is -2.29. The lowest BCUT2D eigenvalue weighted by molar-refractivity contribution is -0.144.